The molecule has 2 N–H and O–H groups in total. The molecule has 1 aliphatic rings. The average Bonchev–Trinajstić information content (AvgIpc) is 2.72. The normalized spacial score (nSPS) is 17.9. The summed E-state index contributed by atoms with van der Waals surface area (Å²) in [4.78, 5) is 41.5. The molecular weight excluding hydrogens is 468 g/mol. The van der Waals surface area contributed by atoms with Gasteiger partial charge in [0.25, 0.3) is 0 Å². The second-order valence-corrected chi connectivity index (χ2v) is 8.18. The van der Waals surface area contributed by atoms with Gasteiger partial charge < -0.3 is 15.2 Å². The van der Waals surface area contributed by atoms with Crippen molar-refractivity contribution < 1.29 is 33.0 Å². The Kier molecular flexibility index (Phi) is 6.99. The van der Waals surface area contributed by atoms with E-state index in [2.05, 4.69) is 15.0 Å². The Hall–Kier alpha value is -3.18. The van der Waals surface area contributed by atoms with Crippen LogP contribution in [-0.4, -0.2) is 50.8 Å². The van der Waals surface area contributed by atoms with Gasteiger partial charge in [0, 0.05) is 30.8 Å². The summed E-state index contributed by atoms with van der Waals surface area (Å²) in [6.07, 6.45) is -0.0587. The number of hydrogen-bond acceptors (Lipinski definition) is 6. The van der Waals surface area contributed by atoms with Gasteiger partial charge in [-0.05, 0) is 48.5 Å². The summed E-state index contributed by atoms with van der Waals surface area (Å²) >= 11 is 5.79. The topological polar surface area (TPSA) is 108 Å². The van der Waals surface area contributed by atoms with Crippen LogP contribution in [0.2, 0.25) is 0 Å². The molecular formula is C20H16ClF2N3O5S. The first-order valence-corrected chi connectivity index (χ1v) is 10.3. The third-order valence-electron chi connectivity index (χ3n) is 4.26. The Morgan fingerprint density at radius 2 is 1.84 bits per heavy atom. The standard InChI is InChI=1S/C20H16ClF2N3O5S/c1-26-16(27)10-15(17(28)24-12-4-2-11(3-5-12)18(29)30)32-19(26)25-13-6-8-14(9-7-13)31-20(21,22)23/h2-9,15H,10H2,1H3,(H,24,28)(H,29,30). The Morgan fingerprint density at radius 1 is 1.22 bits per heavy atom. The van der Waals surface area contributed by atoms with Gasteiger partial charge >= 0.3 is 11.5 Å². The smallest absolute Gasteiger partial charge is 0.478 e. The molecule has 0 aliphatic carbocycles. The number of aliphatic imine (C=N–C) groups is 1. The minimum absolute atomic E-state index is 0.0587. The van der Waals surface area contributed by atoms with Crippen molar-refractivity contribution in [3.8, 4) is 5.75 Å². The summed E-state index contributed by atoms with van der Waals surface area (Å²) in [5.41, 5.74) is -3.03. The quantitative estimate of drug-likeness (QED) is 0.598. The highest BCUT2D eigenvalue weighted by Crippen LogP contribution is 2.31. The molecule has 1 fully saturated rings. The number of nitrogens with zero attached hydrogens (tertiary/aromatic N) is 2. The number of amides is 2. The number of aromatic carboxylic acids is 1. The number of alkyl halides is 3. The van der Waals surface area contributed by atoms with Crippen molar-refractivity contribution in [1.82, 2.24) is 4.90 Å². The lowest BCUT2D eigenvalue weighted by Crippen LogP contribution is -2.43. The highest BCUT2D eigenvalue weighted by atomic mass is 35.5. The first kappa shape index (κ1) is 23.5. The molecule has 1 atom stereocenters. The van der Waals surface area contributed by atoms with Crippen LogP contribution in [0.15, 0.2) is 53.5 Å². The fraction of sp³-hybridized carbons (Fsp3) is 0.200. The van der Waals surface area contributed by atoms with Crippen LogP contribution in [0.25, 0.3) is 0 Å². The molecule has 2 aromatic carbocycles. The zero-order valence-corrected chi connectivity index (χ0v) is 18.0. The summed E-state index contributed by atoms with van der Waals surface area (Å²) < 4.78 is 29.7. The van der Waals surface area contributed by atoms with Crippen molar-refractivity contribution in [3.63, 3.8) is 0 Å². The van der Waals surface area contributed by atoms with E-state index in [1.807, 2.05) is 0 Å². The number of amidine groups is 1. The Balaban J connectivity index is 1.72. The molecule has 2 amide bonds. The molecule has 32 heavy (non-hydrogen) atoms. The molecule has 1 saturated heterocycles. The van der Waals surface area contributed by atoms with Crippen molar-refractivity contribution in [2.75, 3.05) is 12.4 Å². The van der Waals surface area contributed by atoms with E-state index in [1.165, 1.54) is 60.5 Å². The van der Waals surface area contributed by atoms with Gasteiger partial charge in [0.05, 0.1) is 11.3 Å². The molecule has 0 saturated carbocycles. The molecule has 0 aromatic heterocycles. The second kappa shape index (κ2) is 9.53. The predicted octanol–water partition coefficient (Wildman–Crippen LogP) is 4.14. The van der Waals surface area contributed by atoms with Gasteiger partial charge in [-0.25, -0.2) is 9.79 Å². The lowest BCUT2D eigenvalue weighted by Gasteiger charge is -2.28. The number of carbonyl (C=O) groups is 3. The van der Waals surface area contributed by atoms with Crippen LogP contribution in [0.4, 0.5) is 20.2 Å². The number of carboxylic acid groups (broad SMARTS) is 1. The van der Waals surface area contributed by atoms with E-state index in [1.54, 1.807) is 0 Å². The SMILES string of the molecule is CN1C(=O)CC(C(=O)Nc2ccc(C(=O)O)cc2)SC1=Nc1ccc(OC(F)(F)Cl)cc1. The monoisotopic (exact) mass is 483 g/mol. The number of anilines is 1. The predicted molar refractivity (Wildman–Crippen MR) is 116 cm³/mol. The molecule has 168 valence electrons. The number of carboxylic acids is 1. The van der Waals surface area contributed by atoms with Gasteiger partial charge in [-0.15, -0.1) is 8.78 Å². The summed E-state index contributed by atoms with van der Waals surface area (Å²) in [5, 5.41) is 11.1. The van der Waals surface area contributed by atoms with E-state index in [4.69, 9.17) is 16.7 Å². The number of hydrogen-bond donors (Lipinski definition) is 2. The Morgan fingerprint density at radius 3 is 2.41 bits per heavy atom. The number of nitrogens with one attached hydrogen (secondary N) is 1. The van der Waals surface area contributed by atoms with E-state index in [0.29, 0.717) is 11.4 Å². The van der Waals surface area contributed by atoms with Gasteiger partial charge in [0.2, 0.25) is 11.8 Å². The molecule has 0 radical (unpaired) electrons. The van der Waals surface area contributed by atoms with Crippen LogP contribution in [0.1, 0.15) is 16.8 Å². The largest absolute Gasteiger partial charge is 0.487 e. The Bertz CT molecular complexity index is 1060. The number of rotatable bonds is 6. The summed E-state index contributed by atoms with van der Waals surface area (Å²) in [7, 11) is 1.51. The number of thioether (sulfide) groups is 1. The van der Waals surface area contributed by atoms with E-state index >= 15 is 0 Å². The number of benzene rings is 2. The van der Waals surface area contributed by atoms with E-state index in [9.17, 15) is 23.2 Å². The second-order valence-electron chi connectivity index (χ2n) is 6.57. The molecule has 12 heteroatoms. The van der Waals surface area contributed by atoms with Crippen molar-refractivity contribution in [2.24, 2.45) is 4.99 Å². The summed E-state index contributed by atoms with van der Waals surface area (Å²) in [5.74, 6) is -2.03. The summed E-state index contributed by atoms with van der Waals surface area (Å²) in [6, 6.07) is 10.9. The molecule has 2 aromatic rings. The maximum Gasteiger partial charge on any atom is 0.487 e. The fourth-order valence-corrected chi connectivity index (χ4v) is 3.80. The van der Waals surface area contributed by atoms with Crippen molar-refractivity contribution in [2.45, 2.75) is 17.2 Å². The third kappa shape index (κ3) is 6.17. The van der Waals surface area contributed by atoms with Crippen LogP contribution in [-0.2, 0) is 9.59 Å². The molecule has 0 spiro atoms. The molecule has 3 rings (SSSR count). The maximum atomic E-state index is 12.7. The average molecular weight is 484 g/mol. The molecule has 1 unspecified atom stereocenters. The first-order chi connectivity index (χ1) is 15.0. The number of halogens is 3. The van der Waals surface area contributed by atoms with Gasteiger partial charge in [0.1, 0.15) is 11.0 Å². The van der Waals surface area contributed by atoms with E-state index in [0.717, 1.165) is 11.8 Å². The lowest BCUT2D eigenvalue weighted by atomic mass is 10.2. The minimum Gasteiger partial charge on any atom is -0.478 e. The molecule has 1 aliphatic heterocycles. The number of ether oxygens (including phenoxy) is 1. The van der Waals surface area contributed by atoms with Crippen LogP contribution in [0.3, 0.4) is 0 Å². The third-order valence-corrected chi connectivity index (χ3v) is 5.57. The fourth-order valence-electron chi connectivity index (χ4n) is 2.65. The molecule has 8 nitrogen and oxygen atoms in total. The first-order valence-electron chi connectivity index (χ1n) is 9.04. The van der Waals surface area contributed by atoms with E-state index in [-0.39, 0.29) is 28.8 Å². The highest BCUT2D eigenvalue weighted by molar-refractivity contribution is 8.15. The van der Waals surface area contributed by atoms with Crippen LogP contribution >= 0.6 is 23.4 Å². The zero-order valence-electron chi connectivity index (χ0n) is 16.4. The van der Waals surface area contributed by atoms with Crippen molar-refractivity contribution in [1.29, 1.82) is 0 Å². The molecule has 0 bridgehead atoms. The zero-order chi connectivity index (χ0) is 23.5. The van der Waals surface area contributed by atoms with Gasteiger partial charge in [-0.1, -0.05) is 11.8 Å². The van der Waals surface area contributed by atoms with Crippen molar-refractivity contribution in [3.05, 3.63) is 54.1 Å². The maximum absolute atomic E-state index is 12.7. The summed E-state index contributed by atoms with van der Waals surface area (Å²) in [6.45, 7) is 0. The molecule has 1 heterocycles. The Labute approximate surface area is 190 Å². The van der Waals surface area contributed by atoms with Crippen LogP contribution in [0, 0.1) is 0 Å². The number of carbonyl (C=O) groups excluding carboxylic acids is 2. The van der Waals surface area contributed by atoms with E-state index < -0.39 is 22.7 Å². The van der Waals surface area contributed by atoms with Gasteiger partial charge in [0.15, 0.2) is 5.17 Å². The van der Waals surface area contributed by atoms with Crippen LogP contribution < -0.4 is 10.1 Å². The minimum atomic E-state index is -3.84. The van der Waals surface area contributed by atoms with Gasteiger partial charge in [-0.2, -0.15) is 0 Å². The lowest BCUT2D eigenvalue weighted by molar-refractivity contribution is -0.128. The highest BCUT2D eigenvalue weighted by Gasteiger charge is 2.34. The van der Waals surface area contributed by atoms with Gasteiger partial charge in [-0.3, -0.25) is 14.5 Å². The van der Waals surface area contributed by atoms with Crippen LogP contribution in [0.5, 0.6) is 5.75 Å². The van der Waals surface area contributed by atoms with Crippen molar-refractivity contribution >= 4 is 57.7 Å².